The van der Waals surface area contributed by atoms with E-state index in [-0.39, 0.29) is 17.4 Å². The van der Waals surface area contributed by atoms with Crippen LogP contribution in [0, 0.1) is 6.92 Å². The minimum atomic E-state index is -2.90. The van der Waals surface area contributed by atoms with Gasteiger partial charge in [-0.05, 0) is 43.2 Å². The number of methoxy groups -OCH3 is 1. The predicted molar refractivity (Wildman–Crippen MR) is 86.8 cm³/mol. The third-order valence-electron chi connectivity index (χ3n) is 3.42. The molecule has 1 amide bonds. The van der Waals surface area contributed by atoms with Crippen LogP contribution in [0.2, 0.25) is 0 Å². The highest BCUT2D eigenvalue weighted by atomic mass is 19.3. The van der Waals surface area contributed by atoms with Gasteiger partial charge in [0.2, 0.25) is 0 Å². The zero-order valence-electron chi connectivity index (χ0n) is 13.5. The van der Waals surface area contributed by atoms with E-state index >= 15 is 0 Å². The van der Waals surface area contributed by atoms with Gasteiger partial charge in [0.05, 0.1) is 7.11 Å². The van der Waals surface area contributed by atoms with Crippen LogP contribution in [0.15, 0.2) is 42.5 Å². The number of hydrogen-bond acceptors (Lipinski definition) is 3. The van der Waals surface area contributed by atoms with Crippen LogP contribution >= 0.6 is 0 Å². The van der Waals surface area contributed by atoms with Gasteiger partial charge in [-0.2, -0.15) is 8.78 Å². The lowest BCUT2D eigenvalue weighted by molar-refractivity contribution is -0.0512. The predicted octanol–water partition coefficient (Wildman–Crippen LogP) is 3.58. The highest BCUT2D eigenvalue weighted by Crippen LogP contribution is 2.29. The third-order valence-corrected chi connectivity index (χ3v) is 3.42. The molecule has 0 aliphatic carbocycles. The van der Waals surface area contributed by atoms with Crippen molar-refractivity contribution in [2.24, 2.45) is 0 Å². The van der Waals surface area contributed by atoms with Crippen LogP contribution in [0.4, 0.5) is 8.78 Å². The molecule has 2 aromatic carbocycles. The first-order valence-corrected chi connectivity index (χ1v) is 7.46. The molecule has 128 valence electrons. The lowest BCUT2D eigenvalue weighted by Gasteiger charge is -2.12. The molecule has 1 N–H and O–H groups in total. The molecule has 0 aliphatic heterocycles. The molecular weight excluding hydrogens is 316 g/mol. The van der Waals surface area contributed by atoms with Crippen molar-refractivity contribution in [2.45, 2.75) is 20.0 Å². The number of alkyl halides is 2. The van der Waals surface area contributed by atoms with Gasteiger partial charge in [-0.3, -0.25) is 4.79 Å². The van der Waals surface area contributed by atoms with Gasteiger partial charge in [-0.1, -0.05) is 23.8 Å². The summed E-state index contributed by atoms with van der Waals surface area (Å²) in [4.78, 5) is 12.0. The van der Waals surface area contributed by atoms with Gasteiger partial charge in [0, 0.05) is 12.1 Å². The molecule has 2 aromatic rings. The molecule has 0 fully saturated rings. The summed E-state index contributed by atoms with van der Waals surface area (Å²) in [5, 5.41) is 2.83. The molecule has 0 saturated carbocycles. The Labute approximate surface area is 139 Å². The second-order valence-corrected chi connectivity index (χ2v) is 5.24. The Morgan fingerprint density at radius 3 is 2.62 bits per heavy atom. The van der Waals surface area contributed by atoms with E-state index in [1.54, 1.807) is 18.2 Å². The SMILES string of the molecule is COc1cc(CCNC(=O)c2cccc(C)c2)ccc1OC(F)F. The molecule has 0 atom stereocenters. The number of ether oxygens (including phenoxy) is 2. The van der Waals surface area contributed by atoms with Gasteiger partial charge in [-0.15, -0.1) is 0 Å². The second kappa shape index (κ2) is 8.29. The van der Waals surface area contributed by atoms with Crippen molar-refractivity contribution in [3.63, 3.8) is 0 Å². The summed E-state index contributed by atoms with van der Waals surface area (Å²) >= 11 is 0. The van der Waals surface area contributed by atoms with E-state index in [1.165, 1.54) is 13.2 Å². The Hall–Kier alpha value is -2.63. The Bertz CT molecular complexity index is 704. The molecule has 0 spiro atoms. The number of halogens is 2. The number of hydrogen-bond donors (Lipinski definition) is 1. The topological polar surface area (TPSA) is 47.6 Å². The quantitative estimate of drug-likeness (QED) is 0.841. The van der Waals surface area contributed by atoms with Crippen LogP contribution in [0.5, 0.6) is 11.5 Å². The monoisotopic (exact) mass is 335 g/mol. The zero-order valence-corrected chi connectivity index (χ0v) is 13.5. The highest BCUT2D eigenvalue weighted by molar-refractivity contribution is 5.94. The van der Waals surface area contributed by atoms with Gasteiger partial charge < -0.3 is 14.8 Å². The molecule has 0 heterocycles. The Morgan fingerprint density at radius 2 is 1.96 bits per heavy atom. The average molecular weight is 335 g/mol. The number of nitrogens with one attached hydrogen (secondary N) is 1. The van der Waals surface area contributed by atoms with Crippen molar-refractivity contribution >= 4 is 5.91 Å². The van der Waals surface area contributed by atoms with E-state index in [0.29, 0.717) is 18.5 Å². The maximum Gasteiger partial charge on any atom is 0.387 e. The summed E-state index contributed by atoms with van der Waals surface area (Å²) in [5.41, 5.74) is 2.47. The second-order valence-electron chi connectivity index (χ2n) is 5.24. The lowest BCUT2D eigenvalue weighted by atomic mass is 10.1. The minimum absolute atomic E-state index is 0.0138. The zero-order chi connectivity index (χ0) is 17.5. The average Bonchev–Trinajstić information content (AvgIpc) is 2.55. The van der Waals surface area contributed by atoms with Crippen molar-refractivity contribution in [2.75, 3.05) is 13.7 Å². The molecule has 6 heteroatoms. The van der Waals surface area contributed by atoms with Crippen LogP contribution in [0.3, 0.4) is 0 Å². The Balaban J connectivity index is 1.93. The summed E-state index contributed by atoms with van der Waals surface area (Å²) in [5.74, 6) is 0.0705. The van der Waals surface area contributed by atoms with Crippen LogP contribution in [-0.4, -0.2) is 26.2 Å². The van der Waals surface area contributed by atoms with Gasteiger partial charge in [-0.25, -0.2) is 0 Å². The first-order chi connectivity index (χ1) is 11.5. The number of carbonyl (C=O) groups excluding carboxylic acids is 1. The number of carbonyl (C=O) groups is 1. The maximum atomic E-state index is 12.3. The normalized spacial score (nSPS) is 10.5. The summed E-state index contributed by atoms with van der Waals surface area (Å²) in [6.07, 6.45) is 0.545. The lowest BCUT2D eigenvalue weighted by Crippen LogP contribution is -2.25. The minimum Gasteiger partial charge on any atom is -0.493 e. The summed E-state index contributed by atoms with van der Waals surface area (Å²) < 4.78 is 34.0. The van der Waals surface area contributed by atoms with E-state index in [2.05, 4.69) is 10.1 Å². The van der Waals surface area contributed by atoms with Crippen LogP contribution in [0.25, 0.3) is 0 Å². The van der Waals surface area contributed by atoms with Crippen LogP contribution in [0.1, 0.15) is 21.5 Å². The van der Waals surface area contributed by atoms with E-state index < -0.39 is 6.61 Å². The van der Waals surface area contributed by atoms with E-state index in [1.807, 2.05) is 25.1 Å². The van der Waals surface area contributed by atoms with Gasteiger partial charge >= 0.3 is 6.61 Å². The number of rotatable bonds is 7. The van der Waals surface area contributed by atoms with Crippen LogP contribution < -0.4 is 14.8 Å². The summed E-state index contributed by atoms with van der Waals surface area (Å²) in [6, 6.07) is 12.0. The Morgan fingerprint density at radius 1 is 1.17 bits per heavy atom. The molecule has 0 aliphatic rings. The number of amides is 1. The van der Waals surface area contributed by atoms with Gasteiger partial charge in [0.1, 0.15) is 0 Å². The standard InChI is InChI=1S/C18H19F2NO3/c1-12-4-3-5-14(10-12)17(22)21-9-8-13-6-7-15(24-18(19)20)16(11-13)23-2/h3-7,10-11,18H,8-9H2,1-2H3,(H,21,22). The fourth-order valence-corrected chi connectivity index (χ4v) is 2.27. The number of benzene rings is 2. The maximum absolute atomic E-state index is 12.3. The molecule has 0 saturated heterocycles. The number of aryl methyl sites for hydroxylation is 1. The molecular formula is C18H19F2NO3. The molecule has 0 unspecified atom stereocenters. The molecule has 0 bridgehead atoms. The first-order valence-electron chi connectivity index (χ1n) is 7.46. The molecule has 4 nitrogen and oxygen atoms in total. The molecule has 0 aromatic heterocycles. The molecule has 24 heavy (non-hydrogen) atoms. The van der Waals surface area contributed by atoms with E-state index in [0.717, 1.165) is 11.1 Å². The van der Waals surface area contributed by atoms with Crippen molar-refractivity contribution in [1.29, 1.82) is 0 Å². The highest BCUT2D eigenvalue weighted by Gasteiger charge is 2.11. The van der Waals surface area contributed by atoms with Crippen molar-refractivity contribution in [1.82, 2.24) is 5.32 Å². The smallest absolute Gasteiger partial charge is 0.387 e. The summed E-state index contributed by atoms with van der Waals surface area (Å²) in [7, 11) is 1.39. The van der Waals surface area contributed by atoms with Crippen molar-refractivity contribution in [3.05, 3.63) is 59.2 Å². The molecule has 2 rings (SSSR count). The molecule has 0 radical (unpaired) electrons. The van der Waals surface area contributed by atoms with Crippen molar-refractivity contribution in [3.8, 4) is 11.5 Å². The van der Waals surface area contributed by atoms with Gasteiger partial charge in [0.25, 0.3) is 5.91 Å². The van der Waals surface area contributed by atoms with Crippen LogP contribution in [-0.2, 0) is 6.42 Å². The first kappa shape index (κ1) is 17.7. The summed E-state index contributed by atoms with van der Waals surface area (Å²) in [6.45, 7) is -0.560. The van der Waals surface area contributed by atoms with E-state index in [9.17, 15) is 13.6 Å². The fourth-order valence-electron chi connectivity index (χ4n) is 2.27. The largest absolute Gasteiger partial charge is 0.493 e. The third kappa shape index (κ3) is 4.94. The van der Waals surface area contributed by atoms with Gasteiger partial charge in [0.15, 0.2) is 11.5 Å². The van der Waals surface area contributed by atoms with E-state index in [4.69, 9.17) is 4.74 Å². The van der Waals surface area contributed by atoms with Crippen molar-refractivity contribution < 1.29 is 23.0 Å². The Kier molecular flexibility index (Phi) is 6.12. The fraction of sp³-hybridized carbons (Fsp3) is 0.278.